The van der Waals surface area contributed by atoms with Crippen molar-refractivity contribution in [3.05, 3.63) is 35.9 Å². The maximum Gasteiger partial charge on any atom is 0.409 e. The van der Waals surface area contributed by atoms with Gasteiger partial charge in [0.1, 0.15) is 0 Å². The fraction of sp³-hybridized carbons (Fsp3) is 0.571. The minimum absolute atomic E-state index is 0.0355. The summed E-state index contributed by atoms with van der Waals surface area (Å²) in [5, 5.41) is 2.92. The number of rotatable bonds is 8. The molecule has 0 atom stereocenters. The second kappa shape index (κ2) is 11.3. The summed E-state index contributed by atoms with van der Waals surface area (Å²) >= 11 is 0. The van der Waals surface area contributed by atoms with Gasteiger partial charge in [-0.05, 0) is 31.7 Å². The van der Waals surface area contributed by atoms with Crippen LogP contribution in [0.1, 0.15) is 38.7 Å². The largest absolute Gasteiger partial charge is 0.450 e. The smallest absolute Gasteiger partial charge is 0.409 e. The van der Waals surface area contributed by atoms with E-state index in [1.54, 1.807) is 16.7 Å². The van der Waals surface area contributed by atoms with Gasteiger partial charge in [0.25, 0.3) is 0 Å². The van der Waals surface area contributed by atoms with Crippen molar-refractivity contribution in [3.63, 3.8) is 0 Å². The van der Waals surface area contributed by atoms with Crippen LogP contribution in [0.15, 0.2) is 30.3 Å². The summed E-state index contributed by atoms with van der Waals surface area (Å²) < 4.78 is 5.03. The molecule has 154 valence electrons. The number of amides is 3. The maximum absolute atomic E-state index is 12.1. The number of ether oxygens (including phenoxy) is 1. The van der Waals surface area contributed by atoms with Crippen molar-refractivity contribution in [3.8, 4) is 0 Å². The standard InChI is InChI=1S/C21H31N3O4/c1-3-28-21(27)23-14-10-19(11-15-23)24(17(2)25)16-12-20(26)22-13-9-18-7-5-4-6-8-18/h4-8,19H,3,9-16H2,1-2H3,(H,22,26). The van der Waals surface area contributed by atoms with Crippen LogP contribution in [0.4, 0.5) is 4.79 Å². The summed E-state index contributed by atoms with van der Waals surface area (Å²) in [6, 6.07) is 10.1. The van der Waals surface area contributed by atoms with Crippen LogP contribution < -0.4 is 5.32 Å². The van der Waals surface area contributed by atoms with Crippen molar-refractivity contribution in [1.82, 2.24) is 15.1 Å². The molecular formula is C21H31N3O4. The van der Waals surface area contributed by atoms with E-state index in [1.165, 1.54) is 12.5 Å². The van der Waals surface area contributed by atoms with Gasteiger partial charge in [0.15, 0.2) is 0 Å². The molecule has 3 amide bonds. The van der Waals surface area contributed by atoms with E-state index in [-0.39, 0.29) is 30.4 Å². The predicted octanol–water partition coefficient (Wildman–Crippen LogP) is 2.20. The molecule has 1 aliphatic heterocycles. The van der Waals surface area contributed by atoms with Crippen LogP contribution in [-0.4, -0.2) is 66.5 Å². The van der Waals surface area contributed by atoms with E-state index in [4.69, 9.17) is 4.74 Å². The molecule has 1 saturated heterocycles. The van der Waals surface area contributed by atoms with Crippen LogP contribution >= 0.6 is 0 Å². The van der Waals surface area contributed by atoms with Crippen LogP contribution in [-0.2, 0) is 20.7 Å². The molecule has 2 rings (SSSR count). The summed E-state index contributed by atoms with van der Waals surface area (Å²) in [6.45, 7) is 5.79. The van der Waals surface area contributed by atoms with Crippen LogP contribution in [0.25, 0.3) is 0 Å². The topological polar surface area (TPSA) is 79.0 Å². The Morgan fingerprint density at radius 3 is 2.46 bits per heavy atom. The van der Waals surface area contributed by atoms with E-state index in [2.05, 4.69) is 5.32 Å². The van der Waals surface area contributed by atoms with Crippen molar-refractivity contribution in [1.29, 1.82) is 0 Å². The van der Waals surface area contributed by atoms with Gasteiger partial charge in [0, 0.05) is 45.6 Å². The third-order valence-electron chi connectivity index (χ3n) is 4.99. The lowest BCUT2D eigenvalue weighted by Crippen LogP contribution is -2.49. The average molecular weight is 389 g/mol. The van der Waals surface area contributed by atoms with E-state index >= 15 is 0 Å². The predicted molar refractivity (Wildman–Crippen MR) is 107 cm³/mol. The second-order valence-corrected chi connectivity index (χ2v) is 6.97. The Kier molecular flexibility index (Phi) is 8.78. The van der Waals surface area contributed by atoms with E-state index in [9.17, 15) is 14.4 Å². The lowest BCUT2D eigenvalue weighted by atomic mass is 10.0. The van der Waals surface area contributed by atoms with Gasteiger partial charge in [-0.25, -0.2) is 4.79 Å². The Balaban J connectivity index is 1.73. The quantitative estimate of drug-likeness (QED) is 0.739. The van der Waals surface area contributed by atoms with Gasteiger partial charge in [-0.2, -0.15) is 0 Å². The monoisotopic (exact) mass is 389 g/mol. The van der Waals surface area contributed by atoms with E-state index in [1.807, 2.05) is 30.3 Å². The van der Waals surface area contributed by atoms with Crippen molar-refractivity contribution in [2.24, 2.45) is 0 Å². The first-order valence-electron chi connectivity index (χ1n) is 10.0. The SMILES string of the molecule is CCOC(=O)N1CCC(N(CCC(=O)NCCc2ccccc2)C(C)=O)CC1. The molecule has 1 aromatic carbocycles. The first-order valence-corrected chi connectivity index (χ1v) is 10.0. The Labute approximate surface area is 167 Å². The van der Waals surface area contributed by atoms with Crippen LogP contribution in [0.2, 0.25) is 0 Å². The number of likely N-dealkylation sites (tertiary alicyclic amines) is 1. The molecule has 0 bridgehead atoms. The molecule has 1 aromatic rings. The summed E-state index contributed by atoms with van der Waals surface area (Å²) in [5.74, 6) is -0.0854. The number of benzene rings is 1. The number of piperidine rings is 1. The minimum atomic E-state index is -0.298. The third-order valence-corrected chi connectivity index (χ3v) is 4.99. The number of hydrogen-bond acceptors (Lipinski definition) is 4. The summed E-state index contributed by atoms with van der Waals surface area (Å²) in [7, 11) is 0. The fourth-order valence-electron chi connectivity index (χ4n) is 3.47. The lowest BCUT2D eigenvalue weighted by molar-refractivity contribution is -0.132. The lowest BCUT2D eigenvalue weighted by Gasteiger charge is -2.37. The Morgan fingerprint density at radius 1 is 1.18 bits per heavy atom. The maximum atomic E-state index is 12.1. The normalized spacial score (nSPS) is 14.4. The molecule has 0 saturated carbocycles. The van der Waals surface area contributed by atoms with Gasteiger partial charge in [-0.3, -0.25) is 9.59 Å². The van der Waals surface area contributed by atoms with E-state index in [0.29, 0.717) is 45.6 Å². The highest BCUT2D eigenvalue weighted by Gasteiger charge is 2.28. The number of carbonyl (C=O) groups is 3. The first kappa shape index (κ1) is 21.7. The Bertz CT molecular complexity index is 642. The zero-order chi connectivity index (χ0) is 20.4. The molecule has 1 N–H and O–H groups in total. The van der Waals surface area contributed by atoms with Crippen molar-refractivity contribution >= 4 is 17.9 Å². The number of carbonyl (C=O) groups excluding carboxylic acids is 3. The molecule has 0 aliphatic carbocycles. The van der Waals surface area contributed by atoms with Crippen LogP contribution in [0.5, 0.6) is 0 Å². The molecule has 0 radical (unpaired) electrons. The fourth-order valence-corrected chi connectivity index (χ4v) is 3.47. The van der Waals surface area contributed by atoms with Crippen molar-refractivity contribution in [2.75, 3.05) is 32.8 Å². The molecule has 1 fully saturated rings. The first-order chi connectivity index (χ1) is 13.5. The highest BCUT2D eigenvalue weighted by molar-refractivity contribution is 5.78. The molecular weight excluding hydrogens is 358 g/mol. The number of nitrogens with zero attached hydrogens (tertiary/aromatic N) is 2. The average Bonchev–Trinajstić information content (AvgIpc) is 2.69. The molecule has 7 heteroatoms. The molecule has 0 unspecified atom stereocenters. The van der Waals surface area contributed by atoms with Gasteiger partial charge < -0.3 is 19.9 Å². The van der Waals surface area contributed by atoms with Gasteiger partial charge in [0.05, 0.1) is 6.61 Å². The minimum Gasteiger partial charge on any atom is -0.450 e. The van der Waals surface area contributed by atoms with E-state index in [0.717, 1.165) is 6.42 Å². The number of hydrogen-bond donors (Lipinski definition) is 1. The van der Waals surface area contributed by atoms with E-state index < -0.39 is 0 Å². The zero-order valence-electron chi connectivity index (χ0n) is 16.9. The third kappa shape index (κ3) is 6.87. The molecule has 1 aliphatic rings. The molecule has 0 spiro atoms. The Morgan fingerprint density at radius 2 is 1.86 bits per heavy atom. The molecule has 28 heavy (non-hydrogen) atoms. The molecule has 7 nitrogen and oxygen atoms in total. The van der Waals surface area contributed by atoms with Crippen molar-refractivity contribution < 1.29 is 19.1 Å². The zero-order valence-corrected chi connectivity index (χ0v) is 16.9. The number of nitrogens with one attached hydrogen (secondary N) is 1. The molecule has 0 aromatic heterocycles. The van der Waals surface area contributed by atoms with Gasteiger partial charge >= 0.3 is 6.09 Å². The summed E-state index contributed by atoms with van der Waals surface area (Å²) in [4.78, 5) is 39.4. The van der Waals surface area contributed by atoms with Crippen LogP contribution in [0, 0.1) is 0 Å². The van der Waals surface area contributed by atoms with Gasteiger partial charge in [-0.1, -0.05) is 30.3 Å². The van der Waals surface area contributed by atoms with Gasteiger partial charge in [0.2, 0.25) is 11.8 Å². The molecule has 1 heterocycles. The van der Waals surface area contributed by atoms with Crippen molar-refractivity contribution in [2.45, 2.75) is 45.6 Å². The highest BCUT2D eigenvalue weighted by atomic mass is 16.6. The Hall–Kier alpha value is -2.57. The highest BCUT2D eigenvalue weighted by Crippen LogP contribution is 2.18. The summed E-state index contributed by atoms with van der Waals surface area (Å²) in [6.07, 6.45) is 2.18. The van der Waals surface area contributed by atoms with Crippen LogP contribution in [0.3, 0.4) is 0 Å². The second-order valence-electron chi connectivity index (χ2n) is 6.97. The van der Waals surface area contributed by atoms with Gasteiger partial charge in [-0.15, -0.1) is 0 Å². The summed E-state index contributed by atoms with van der Waals surface area (Å²) in [5.41, 5.74) is 1.18.